The Morgan fingerprint density at radius 2 is 2.08 bits per heavy atom. The Bertz CT molecular complexity index is 196. The van der Waals surface area contributed by atoms with Gasteiger partial charge in [0.2, 0.25) is 0 Å². The molecule has 1 saturated heterocycles. The maximum absolute atomic E-state index is 8.38. The number of likely N-dealkylation sites (tertiary alicyclic amines) is 1. The van der Waals surface area contributed by atoms with Gasteiger partial charge in [0, 0.05) is 26.1 Å². The van der Waals surface area contributed by atoms with E-state index in [0.717, 1.165) is 19.6 Å². The van der Waals surface area contributed by atoms with E-state index in [0.29, 0.717) is 12.5 Å². The number of hydrogen-bond donors (Lipinski definition) is 0. The Hall–Kier alpha value is -0.590. The summed E-state index contributed by atoms with van der Waals surface area (Å²) in [7, 11) is 0. The molecule has 1 rings (SSSR count). The number of nitrogens with zero attached hydrogens (tertiary/aromatic N) is 2. The molecule has 1 aliphatic heterocycles. The van der Waals surface area contributed by atoms with Gasteiger partial charge in [-0.3, -0.25) is 4.90 Å². The molecule has 0 saturated carbocycles. The molecule has 0 aromatic rings. The normalized spacial score (nSPS) is 19.5. The SMILES string of the molecule is CC(C)(C)OC1CN(CCC#N)C1. The quantitative estimate of drug-likeness (QED) is 0.662. The highest BCUT2D eigenvalue weighted by Crippen LogP contribution is 2.18. The lowest BCUT2D eigenvalue weighted by molar-refractivity contribution is -0.123. The molecule has 0 radical (unpaired) electrons. The maximum Gasteiger partial charge on any atom is 0.0835 e. The van der Waals surface area contributed by atoms with E-state index in [9.17, 15) is 0 Å². The number of hydrogen-bond acceptors (Lipinski definition) is 3. The van der Waals surface area contributed by atoms with Crippen LogP contribution in [0.2, 0.25) is 0 Å². The highest BCUT2D eigenvalue weighted by Gasteiger charge is 2.30. The van der Waals surface area contributed by atoms with E-state index in [2.05, 4.69) is 31.7 Å². The summed E-state index contributed by atoms with van der Waals surface area (Å²) in [5.41, 5.74) is -0.0357. The summed E-state index contributed by atoms with van der Waals surface area (Å²) in [6, 6.07) is 2.15. The van der Waals surface area contributed by atoms with Gasteiger partial charge in [-0.25, -0.2) is 0 Å². The van der Waals surface area contributed by atoms with Gasteiger partial charge in [-0.1, -0.05) is 0 Å². The van der Waals surface area contributed by atoms with E-state index in [1.165, 1.54) is 0 Å². The molecule has 3 heteroatoms. The minimum atomic E-state index is -0.0357. The lowest BCUT2D eigenvalue weighted by Crippen LogP contribution is -2.54. The molecule has 0 bridgehead atoms. The molecule has 74 valence electrons. The third-order valence-corrected chi connectivity index (χ3v) is 1.98. The summed E-state index contributed by atoms with van der Waals surface area (Å²) in [5.74, 6) is 0. The van der Waals surface area contributed by atoms with Gasteiger partial charge in [0.05, 0.1) is 17.8 Å². The molecule has 0 spiro atoms. The zero-order chi connectivity index (χ0) is 9.90. The largest absolute Gasteiger partial charge is 0.370 e. The molecule has 0 unspecified atom stereocenters. The van der Waals surface area contributed by atoms with E-state index in [1.54, 1.807) is 0 Å². The van der Waals surface area contributed by atoms with Crippen LogP contribution >= 0.6 is 0 Å². The molecule has 13 heavy (non-hydrogen) atoms. The van der Waals surface area contributed by atoms with Crippen molar-refractivity contribution in [3.8, 4) is 6.07 Å². The third kappa shape index (κ3) is 3.75. The minimum absolute atomic E-state index is 0.0357. The fourth-order valence-electron chi connectivity index (χ4n) is 1.49. The zero-order valence-electron chi connectivity index (χ0n) is 8.71. The van der Waals surface area contributed by atoms with E-state index < -0.39 is 0 Å². The van der Waals surface area contributed by atoms with Crippen LogP contribution in [0.3, 0.4) is 0 Å². The Kier molecular flexibility index (Phi) is 3.29. The number of nitriles is 1. The van der Waals surface area contributed by atoms with Crippen LogP contribution in [0.1, 0.15) is 27.2 Å². The molecule has 0 aliphatic carbocycles. The summed E-state index contributed by atoms with van der Waals surface area (Å²) in [6.07, 6.45) is 1.00. The molecule has 3 nitrogen and oxygen atoms in total. The maximum atomic E-state index is 8.38. The highest BCUT2D eigenvalue weighted by atomic mass is 16.5. The van der Waals surface area contributed by atoms with Gasteiger partial charge in [-0.15, -0.1) is 0 Å². The fraction of sp³-hybridized carbons (Fsp3) is 0.900. The summed E-state index contributed by atoms with van der Waals surface area (Å²) in [6.45, 7) is 9.08. The van der Waals surface area contributed by atoms with Crippen molar-refractivity contribution in [2.75, 3.05) is 19.6 Å². The van der Waals surface area contributed by atoms with E-state index in [1.807, 2.05) is 0 Å². The molecule has 0 atom stereocenters. The topological polar surface area (TPSA) is 36.3 Å². The van der Waals surface area contributed by atoms with Gasteiger partial charge >= 0.3 is 0 Å². The molecular weight excluding hydrogens is 164 g/mol. The average Bonchev–Trinajstić information content (AvgIpc) is 1.91. The van der Waals surface area contributed by atoms with E-state index in [4.69, 9.17) is 10.00 Å². The Morgan fingerprint density at radius 3 is 2.54 bits per heavy atom. The van der Waals surface area contributed by atoms with Crippen molar-refractivity contribution >= 4 is 0 Å². The molecular formula is C10H18N2O. The predicted octanol–water partition coefficient (Wildman–Crippen LogP) is 1.40. The second-order valence-corrected chi connectivity index (χ2v) is 4.52. The van der Waals surface area contributed by atoms with Crippen molar-refractivity contribution in [2.45, 2.75) is 38.9 Å². The van der Waals surface area contributed by atoms with Crippen LogP contribution in [-0.2, 0) is 4.74 Å². The predicted molar refractivity (Wildman–Crippen MR) is 51.3 cm³/mol. The molecule has 1 aliphatic rings. The van der Waals surface area contributed by atoms with Crippen LogP contribution in [0.25, 0.3) is 0 Å². The van der Waals surface area contributed by atoms with Crippen LogP contribution in [0.5, 0.6) is 0 Å². The molecule has 0 amide bonds. The third-order valence-electron chi connectivity index (χ3n) is 1.98. The smallest absolute Gasteiger partial charge is 0.0835 e. The van der Waals surface area contributed by atoms with Crippen molar-refractivity contribution < 1.29 is 4.74 Å². The average molecular weight is 182 g/mol. The Morgan fingerprint density at radius 1 is 1.46 bits per heavy atom. The second kappa shape index (κ2) is 4.08. The standard InChI is InChI=1S/C10H18N2O/c1-10(2,3)13-9-7-12(8-9)6-4-5-11/h9H,4,6-8H2,1-3H3. The van der Waals surface area contributed by atoms with Gasteiger partial charge < -0.3 is 4.74 Å². The number of ether oxygens (including phenoxy) is 1. The fourth-order valence-corrected chi connectivity index (χ4v) is 1.49. The Balaban J connectivity index is 2.09. The lowest BCUT2D eigenvalue weighted by atomic mass is 10.1. The molecule has 0 aromatic carbocycles. The van der Waals surface area contributed by atoms with Gasteiger partial charge in [0.25, 0.3) is 0 Å². The highest BCUT2D eigenvalue weighted by molar-refractivity contribution is 4.85. The van der Waals surface area contributed by atoms with Gasteiger partial charge in [0.15, 0.2) is 0 Å². The van der Waals surface area contributed by atoms with Crippen molar-refractivity contribution in [3.63, 3.8) is 0 Å². The first kappa shape index (κ1) is 10.5. The summed E-state index contributed by atoms with van der Waals surface area (Å²) < 4.78 is 5.76. The van der Waals surface area contributed by atoms with Crippen LogP contribution in [-0.4, -0.2) is 36.2 Å². The van der Waals surface area contributed by atoms with E-state index in [-0.39, 0.29) is 5.60 Å². The molecule has 0 N–H and O–H groups in total. The summed E-state index contributed by atoms with van der Waals surface area (Å²) in [4.78, 5) is 2.25. The van der Waals surface area contributed by atoms with Crippen molar-refractivity contribution in [2.24, 2.45) is 0 Å². The Labute approximate surface area is 80.3 Å². The first-order valence-corrected chi connectivity index (χ1v) is 4.78. The molecule has 0 aromatic heterocycles. The van der Waals surface area contributed by atoms with Crippen LogP contribution in [0, 0.1) is 11.3 Å². The van der Waals surface area contributed by atoms with Crippen LogP contribution in [0.4, 0.5) is 0 Å². The second-order valence-electron chi connectivity index (χ2n) is 4.52. The zero-order valence-corrected chi connectivity index (χ0v) is 8.71. The van der Waals surface area contributed by atoms with Crippen LogP contribution in [0.15, 0.2) is 0 Å². The van der Waals surface area contributed by atoms with Gasteiger partial charge in [0.1, 0.15) is 0 Å². The first-order chi connectivity index (χ1) is 6.01. The van der Waals surface area contributed by atoms with E-state index >= 15 is 0 Å². The van der Waals surface area contributed by atoms with Gasteiger partial charge in [-0.2, -0.15) is 5.26 Å². The molecule has 1 heterocycles. The lowest BCUT2D eigenvalue weighted by Gasteiger charge is -2.41. The van der Waals surface area contributed by atoms with Crippen molar-refractivity contribution in [1.29, 1.82) is 5.26 Å². The summed E-state index contributed by atoms with van der Waals surface area (Å²) >= 11 is 0. The van der Waals surface area contributed by atoms with Crippen molar-refractivity contribution in [3.05, 3.63) is 0 Å². The number of rotatable bonds is 3. The minimum Gasteiger partial charge on any atom is -0.370 e. The van der Waals surface area contributed by atoms with Crippen LogP contribution < -0.4 is 0 Å². The monoisotopic (exact) mass is 182 g/mol. The van der Waals surface area contributed by atoms with Gasteiger partial charge in [-0.05, 0) is 20.8 Å². The first-order valence-electron chi connectivity index (χ1n) is 4.78. The molecule has 1 fully saturated rings. The summed E-state index contributed by atoms with van der Waals surface area (Å²) in [5, 5.41) is 8.38. The van der Waals surface area contributed by atoms with Crippen molar-refractivity contribution in [1.82, 2.24) is 4.90 Å².